The highest BCUT2D eigenvalue weighted by molar-refractivity contribution is 5.85. The summed E-state index contributed by atoms with van der Waals surface area (Å²) < 4.78 is 39.0. The van der Waals surface area contributed by atoms with Gasteiger partial charge in [-0.1, -0.05) is 0 Å². The van der Waals surface area contributed by atoms with E-state index in [0.717, 1.165) is 5.01 Å². The minimum Gasteiger partial charge on any atom is -0.270 e. The number of rotatable bonds is 2. The lowest BCUT2D eigenvalue weighted by molar-refractivity contribution is -0.546. The van der Waals surface area contributed by atoms with Crippen LogP contribution in [0.4, 0.5) is 13.2 Å². The smallest absolute Gasteiger partial charge is 0.270 e. The Bertz CT molecular complexity index is 454. The predicted molar refractivity (Wildman–Crippen MR) is 63.1 cm³/mol. The molecule has 120 valence electrons. The van der Waals surface area contributed by atoms with E-state index in [9.17, 15) is 28.1 Å². The van der Waals surface area contributed by atoms with Crippen LogP contribution in [0.5, 0.6) is 0 Å². The molecule has 0 spiro atoms. The van der Waals surface area contributed by atoms with Crippen LogP contribution in [0.2, 0.25) is 0 Å². The van der Waals surface area contributed by atoms with Crippen LogP contribution in [0.25, 0.3) is 0 Å². The van der Waals surface area contributed by atoms with Gasteiger partial charge in [-0.25, -0.2) is 5.01 Å². The van der Waals surface area contributed by atoms with E-state index in [1.54, 1.807) is 0 Å². The van der Waals surface area contributed by atoms with Crippen molar-refractivity contribution in [3.8, 4) is 0 Å². The number of hydrogen-bond donors (Lipinski definition) is 1. The fraction of sp³-hybridized carbons (Fsp3) is 0.909. The average molecular weight is 311 g/mol. The van der Waals surface area contributed by atoms with E-state index in [-0.39, 0.29) is 12.8 Å². The van der Waals surface area contributed by atoms with Gasteiger partial charge in [0.15, 0.2) is 5.60 Å². The first-order valence-electron chi connectivity index (χ1n) is 6.51. The van der Waals surface area contributed by atoms with Gasteiger partial charge in [0, 0.05) is 11.3 Å². The number of carbonyl (C=O) groups is 1. The van der Waals surface area contributed by atoms with Crippen LogP contribution in [-0.4, -0.2) is 39.7 Å². The van der Waals surface area contributed by atoms with Crippen molar-refractivity contribution in [1.29, 1.82) is 0 Å². The van der Waals surface area contributed by atoms with E-state index in [4.69, 9.17) is 4.84 Å². The largest absolute Gasteiger partial charge is 0.398 e. The molecule has 0 aromatic carbocycles. The first kappa shape index (κ1) is 16.0. The maximum atomic E-state index is 13.0. The minimum atomic E-state index is -4.67. The molecular weight excluding hydrogens is 295 g/mol. The molecule has 7 nitrogen and oxygen atoms in total. The second kappa shape index (κ2) is 5.09. The van der Waals surface area contributed by atoms with Crippen LogP contribution >= 0.6 is 0 Å². The normalized spacial score (nSPS) is 33.3. The minimum absolute atomic E-state index is 0.121. The number of hydrogen-bond acceptors (Lipinski definition) is 5. The monoisotopic (exact) mass is 311 g/mol. The highest BCUT2D eigenvalue weighted by Crippen LogP contribution is 2.41. The number of alkyl halides is 3. The van der Waals surface area contributed by atoms with Crippen LogP contribution in [0.15, 0.2) is 0 Å². The molecule has 1 heterocycles. The summed E-state index contributed by atoms with van der Waals surface area (Å²) in [5.41, 5.74) is 1.17. The lowest BCUT2D eigenvalue weighted by Crippen LogP contribution is -2.53. The van der Waals surface area contributed by atoms with Gasteiger partial charge in [-0.3, -0.25) is 19.7 Å². The summed E-state index contributed by atoms with van der Waals surface area (Å²) in [4.78, 5) is 27.0. The van der Waals surface area contributed by atoms with Gasteiger partial charge >= 0.3 is 6.18 Å². The number of nitrogens with one attached hydrogen (secondary N) is 1. The Labute approximate surface area is 118 Å². The van der Waals surface area contributed by atoms with E-state index in [1.165, 1.54) is 13.8 Å². The summed E-state index contributed by atoms with van der Waals surface area (Å²) in [7, 11) is 0. The average Bonchev–Trinajstić information content (AvgIpc) is 2.63. The molecule has 0 aromatic rings. The van der Waals surface area contributed by atoms with E-state index < -0.39 is 47.0 Å². The molecule has 21 heavy (non-hydrogen) atoms. The van der Waals surface area contributed by atoms with E-state index >= 15 is 0 Å². The van der Waals surface area contributed by atoms with Crippen LogP contribution in [0.1, 0.15) is 33.1 Å². The van der Waals surface area contributed by atoms with Gasteiger partial charge in [0.25, 0.3) is 5.91 Å². The summed E-state index contributed by atoms with van der Waals surface area (Å²) in [6.07, 6.45) is -5.28. The summed E-state index contributed by atoms with van der Waals surface area (Å²) in [6, 6.07) is -2.44. The molecule has 0 bridgehead atoms. The molecule has 0 aromatic heterocycles. The summed E-state index contributed by atoms with van der Waals surface area (Å²) in [5, 5.41) is 11.8. The van der Waals surface area contributed by atoms with Crippen molar-refractivity contribution in [3.05, 3.63) is 10.1 Å². The first-order valence-corrected chi connectivity index (χ1v) is 6.51. The molecule has 2 rings (SSSR count). The number of carbonyl (C=O) groups excluding carboxylic acids is 1. The molecule has 0 radical (unpaired) electrons. The lowest BCUT2D eigenvalue weighted by atomic mass is 9.81. The van der Waals surface area contributed by atoms with Gasteiger partial charge in [-0.05, 0) is 26.7 Å². The Morgan fingerprint density at radius 1 is 1.43 bits per heavy atom. The van der Waals surface area contributed by atoms with Crippen LogP contribution in [0.3, 0.4) is 0 Å². The number of amides is 1. The van der Waals surface area contributed by atoms with Crippen LogP contribution in [0, 0.1) is 16.0 Å². The van der Waals surface area contributed by atoms with Gasteiger partial charge in [-0.15, -0.1) is 5.59 Å². The molecule has 3 unspecified atom stereocenters. The second-order valence-electron chi connectivity index (χ2n) is 5.85. The van der Waals surface area contributed by atoms with Crippen molar-refractivity contribution in [2.24, 2.45) is 5.92 Å². The SMILES string of the molecule is CC1(C)ONN(C2CCC([N+](=O)[O-])C(C(F)(F)F)C2)C1=O. The zero-order chi connectivity index (χ0) is 16.0. The third kappa shape index (κ3) is 2.95. The Hall–Kier alpha value is -1.42. The fourth-order valence-electron chi connectivity index (χ4n) is 2.75. The summed E-state index contributed by atoms with van der Waals surface area (Å²) in [5.74, 6) is -2.54. The molecule has 10 heteroatoms. The maximum absolute atomic E-state index is 13.0. The number of nitro groups is 1. The predicted octanol–water partition coefficient (Wildman–Crippen LogP) is 1.42. The molecular formula is C11H16F3N3O4. The maximum Gasteiger partial charge on any atom is 0.398 e. The third-order valence-electron chi connectivity index (χ3n) is 3.98. The number of halogens is 3. The van der Waals surface area contributed by atoms with Crippen molar-refractivity contribution >= 4 is 5.91 Å². The standard InChI is InChI=1S/C11H16F3N3O4/c1-10(2)9(18)16(15-21-10)6-3-4-8(17(19)20)7(5-6)11(12,13)14/h6-8,15H,3-5H2,1-2H3. The van der Waals surface area contributed by atoms with E-state index in [1.807, 2.05) is 0 Å². The molecule has 1 aliphatic carbocycles. The van der Waals surface area contributed by atoms with Crippen molar-refractivity contribution in [2.45, 2.75) is 57.0 Å². The van der Waals surface area contributed by atoms with Gasteiger partial charge in [0.2, 0.25) is 6.04 Å². The van der Waals surface area contributed by atoms with Gasteiger partial charge < -0.3 is 0 Å². The van der Waals surface area contributed by atoms with Gasteiger partial charge in [-0.2, -0.15) is 13.2 Å². The number of nitrogens with zero attached hydrogens (tertiary/aromatic N) is 2. The van der Waals surface area contributed by atoms with Crippen LogP contribution < -0.4 is 5.59 Å². The molecule has 1 aliphatic heterocycles. The Balaban J connectivity index is 2.16. The molecule has 1 N–H and O–H groups in total. The van der Waals surface area contributed by atoms with Crippen LogP contribution in [-0.2, 0) is 9.63 Å². The lowest BCUT2D eigenvalue weighted by Gasteiger charge is -2.36. The third-order valence-corrected chi connectivity index (χ3v) is 3.98. The highest BCUT2D eigenvalue weighted by Gasteiger charge is 2.56. The van der Waals surface area contributed by atoms with Crippen molar-refractivity contribution in [2.75, 3.05) is 0 Å². The Morgan fingerprint density at radius 2 is 2.05 bits per heavy atom. The molecule has 1 saturated heterocycles. The molecule has 2 fully saturated rings. The Kier molecular flexibility index (Phi) is 3.87. The zero-order valence-corrected chi connectivity index (χ0v) is 11.5. The van der Waals surface area contributed by atoms with Crippen molar-refractivity contribution in [3.63, 3.8) is 0 Å². The van der Waals surface area contributed by atoms with Gasteiger partial charge in [0.05, 0.1) is 6.04 Å². The number of hydrazine groups is 1. The van der Waals surface area contributed by atoms with Crippen molar-refractivity contribution < 1.29 is 27.7 Å². The molecule has 3 atom stereocenters. The summed E-state index contributed by atoms with van der Waals surface area (Å²) in [6.45, 7) is 2.98. The molecule has 1 saturated carbocycles. The first-order chi connectivity index (χ1) is 9.54. The second-order valence-corrected chi connectivity index (χ2v) is 5.85. The van der Waals surface area contributed by atoms with E-state index in [0.29, 0.717) is 0 Å². The van der Waals surface area contributed by atoms with Crippen molar-refractivity contribution in [1.82, 2.24) is 10.6 Å². The quantitative estimate of drug-likeness (QED) is 0.616. The molecule has 1 amide bonds. The highest BCUT2D eigenvalue weighted by atomic mass is 19.4. The Morgan fingerprint density at radius 3 is 2.48 bits per heavy atom. The summed E-state index contributed by atoms with van der Waals surface area (Å²) >= 11 is 0. The van der Waals surface area contributed by atoms with Gasteiger partial charge in [0.1, 0.15) is 5.92 Å². The topological polar surface area (TPSA) is 84.7 Å². The fourth-order valence-corrected chi connectivity index (χ4v) is 2.75. The molecule has 2 aliphatic rings. The van der Waals surface area contributed by atoms with E-state index in [2.05, 4.69) is 5.59 Å². The zero-order valence-electron chi connectivity index (χ0n) is 11.5.